The van der Waals surface area contributed by atoms with Gasteiger partial charge < -0.3 is 9.88 Å². The fourth-order valence-corrected chi connectivity index (χ4v) is 4.41. The molecule has 2 aromatic carbocycles. The number of Topliss-reactive ketones (excluding diaryl/α,β-unsaturated/α-hetero) is 1. The smallest absolute Gasteiger partial charge is 0.223 e. The molecule has 162 valence electrons. The van der Waals surface area contributed by atoms with Crippen molar-refractivity contribution >= 4 is 22.7 Å². The SMILES string of the molecule is CC(C)Cc1ccc(C(=O)C2CCN(C(=O)CCc3nc4ccccc4[nH]3)CC2)cc1. The summed E-state index contributed by atoms with van der Waals surface area (Å²) in [7, 11) is 0. The van der Waals surface area contributed by atoms with Crippen molar-refractivity contribution in [3.05, 3.63) is 65.5 Å². The number of fused-ring (bicyclic) bond motifs is 1. The third-order valence-corrected chi connectivity index (χ3v) is 6.11. The molecular weight excluding hydrogens is 386 g/mol. The van der Waals surface area contributed by atoms with Gasteiger partial charge >= 0.3 is 0 Å². The zero-order chi connectivity index (χ0) is 21.8. The Balaban J connectivity index is 1.26. The van der Waals surface area contributed by atoms with E-state index in [2.05, 4.69) is 35.9 Å². The molecule has 1 fully saturated rings. The molecule has 0 unspecified atom stereocenters. The number of imidazole rings is 1. The molecule has 1 amide bonds. The van der Waals surface area contributed by atoms with Gasteiger partial charge in [-0.3, -0.25) is 9.59 Å². The Bertz CT molecular complexity index is 1010. The van der Waals surface area contributed by atoms with Gasteiger partial charge in [0.15, 0.2) is 5.78 Å². The second kappa shape index (κ2) is 9.46. The van der Waals surface area contributed by atoms with E-state index in [0.29, 0.717) is 31.8 Å². The van der Waals surface area contributed by atoms with Crippen LogP contribution in [0.5, 0.6) is 0 Å². The van der Waals surface area contributed by atoms with Gasteiger partial charge in [-0.15, -0.1) is 0 Å². The maximum Gasteiger partial charge on any atom is 0.223 e. The quantitative estimate of drug-likeness (QED) is 0.561. The van der Waals surface area contributed by atoms with Crippen LogP contribution in [0.4, 0.5) is 0 Å². The monoisotopic (exact) mass is 417 g/mol. The topological polar surface area (TPSA) is 66.1 Å². The van der Waals surface area contributed by atoms with Gasteiger partial charge in [0.2, 0.25) is 5.91 Å². The van der Waals surface area contributed by atoms with E-state index in [4.69, 9.17) is 0 Å². The van der Waals surface area contributed by atoms with Gasteiger partial charge in [-0.1, -0.05) is 50.2 Å². The van der Waals surface area contributed by atoms with E-state index in [1.807, 2.05) is 41.3 Å². The second-order valence-corrected chi connectivity index (χ2v) is 9.01. The average Bonchev–Trinajstić information content (AvgIpc) is 3.20. The van der Waals surface area contributed by atoms with Crippen molar-refractivity contribution in [2.75, 3.05) is 13.1 Å². The van der Waals surface area contributed by atoms with Gasteiger partial charge in [0.05, 0.1) is 11.0 Å². The number of likely N-dealkylation sites (tertiary alicyclic amines) is 1. The minimum absolute atomic E-state index is 0.00960. The number of H-pyrrole nitrogens is 1. The molecule has 31 heavy (non-hydrogen) atoms. The highest BCUT2D eigenvalue weighted by atomic mass is 16.2. The molecule has 1 aliphatic rings. The molecule has 2 heterocycles. The Morgan fingerprint density at radius 2 is 1.77 bits per heavy atom. The summed E-state index contributed by atoms with van der Waals surface area (Å²) in [6.07, 6.45) is 3.56. The molecule has 1 aromatic heterocycles. The Labute approximate surface area is 183 Å². The van der Waals surface area contributed by atoms with Gasteiger partial charge in [0, 0.05) is 37.4 Å². The molecule has 0 radical (unpaired) electrons. The Hall–Kier alpha value is -2.95. The van der Waals surface area contributed by atoms with Crippen molar-refractivity contribution in [2.45, 2.75) is 46.0 Å². The summed E-state index contributed by atoms with van der Waals surface area (Å²) in [6, 6.07) is 16.0. The van der Waals surface area contributed by atoms with Gasteiger partial charge in [0.1, 0.15) is 5.82 Å². The first-order valence-corrected chi connectivity index (χ1v) is 11.3. The number of nitrogens with zero attached hydrogens (tertiary/aromatic N) is 2. The molecular formula is C26H31N3O2. The molecule has 0 aliphatic carbocycles. The lowest BCUT2D eigenvalue weighted by molar-refractivity contribution is -0.132. The molecule has 1 aliphatic heterocycles. The normalized spacial score (nSPS) is 15.0. The van der Waals surface area contributed by atoms with E-state index >= 15 is 0 Å². The third-order valence-electron chi connectivity index (χ3n) is 6.11. The second-order valence-electron chi connectivity index (χ2n) is 9.01. The van der Waals surface area contributed by atoms with Crippen LogP contribution in [0.3, 0.4) is 0 Å². The number of nitrogens with one attached hydrogen (secondary N) is 1. The zero-order valence-electron chi connectivity index (χ0n) is 18.4. The van der Waals surface area contributed by atoms with Crippen LogP contribution in [0.25, 0.3) is 11.0 Å². The van der Waals surface area contributed by atoms with Gasteiger partial charge in [-0.2, -0.15) is 0 Å². The van der Waals surface area contributed by atoms with Gasteiger partial charge in [0.25, 0.3) is 0 Å². The molecule has 3 aromatic rings. The lowest BCUT2D eigenvalue weighted by Gasteiger charge is -2.31. The number of hydrogen-bond acceptors (Lipinski definition) is 3. The van der Waals surface area contributed by atoms with Crippen molar-refractivity contribution in [3.63, 3.8) is 0 Å². The predicted octanol–water partition coefficient (Wildman–Crippen LogP) is 4.82. The van der Waals surface area contributed by atoms with Gasteiger partial charge in [-0.05, 0) is 42.9 Å². The van der Waals surface area contributed by atoms with Crippen LogP contribution >= 0.6 is 0 Å². The number of ketones is 1. The highest BCUT2D eigenvalue weighted by Crippen LogP contribution is 2.23. The summed E-state index contributed by atoms with van der Waals surface area (Å²) in [4.78, 5) is 35.3. The van der Waals surface area contributed by atoms with Crippen molar-refractivity contribution < 1.29 is 9.59 Å². The number of para-hydroxylation sites is 2. The Morgan fingerprint density at radius 1 is 1.06 bits per heavy atom. The molecule has 0 spiro atoms. The fraction of sp³-hybridized carbons (Fsp3) is 0.423. The first kappa shape index (κ1) is 21.3. The van der Waals surface area contributed by atoms with Crippen molar-refractivity contribution in [2.24, 2.45) is 11.8 Å². The number of carbonyl (C=O) groups excluding carboxylic acids is 2. The number of aryl methyl sites for hydroxylation is 1. The fourth-order valence-electron chi connectivity index (χ4n) is 4.41. The number of rotatable bonds is 7. The van der Waals surface area contributed by atoms with Crippen molar-refractivity contribution in [1.82, 2.24) is 14.9 Å². The molecule has 4 rings (SSSR count). The van der Waals surface area contributed by atoms with Crippen LogP contribution in [0.15, 0.2) is 48.5 Å². The largest absolute Gasteiger partial charge is 0.343 e. The summed E-state index contributed by atoms with van der Waals surface area (Å²) in [5, 5.41) is 0. The summed E-state index contributed by atoms with van der Waals surface area (Å²) in [6.45, 7) is 5.71. The molecule has 0 saturated carbocycles. The third kappa shape index (κ3) is 5.22. The van der Waals surface area contributed by atoms with E-state index in [1.54, 1.807) is 0 Å². The van der Waals surface area contributed by atoms with E-state index in [-0.39, 0.29) is 17.6 Å². The first-order valence-electron chi connectivity index (χ1n) is 11.3. The maximum absolute atomic E-state index is 12.9. The molecule has 5 heteroatoms. The Kier molecular flexibility index (Phi) is 6.50. The van der Waals surface area contributed by atoms with Crippen LogP contribution in [-0.4, -0.2) is 39.6 Å². The molecule has 1 N–H and O–H groups in total. The molecule has 0 atom stereocenters. The summed E-state index contributed by atoms with van der Waals surface area (Å²) in [5.74, 6) is 1.82. The molecule has 0 bridgehead atoms. The summed E-state index contributed by atoms with van der Waals surface area (Å²) in [5.41, 5.74) is 4.00. The number of carbonyl (C=O) groups is 2. The number of aromatic amines is 1. The van der Waals surface area contributed by atoms with Crippen molar-refractivity contribution in [3.8, 4) is 0 Å². The van der Waals surface area contributed by atoms with E-state index in [9.17, 15) is 9.59 Å². The van der Waals surface area contributed by atoms with Crippen LogP contribution in [0.1, 0.15) is 54.9 Å². The lowest BCUT2D eigenvalue weighted by Crippen LogP contribution is -2.40. The van der Waals surface area contributed by atoms with Crippen LogP contribution < -0.4 is 0 Å². The van der Waals surface area contributed by atoms with Crippen molar-refractivity contribution in [1.29, 1.82) is 0 Å². The standard InChI is InChI=1S/C26H31N3O2/c1-18(2)17-19-7-9-20(10-8-19)26(31)21-13-15-29(16-14-21)25(30)12-11-24-27-22-5-3-4-6-23(22)28-24/h3-10,18,21H,11-17H2,1-2H3,(H,27,28). The minimum Gasteiger partial charge on any atom is -0.343 e. The zero-order valence-corrected chi connectivity index (χ0v) is 18.4. The molecule has 1 saturated heterocycles. The van der Waals surface area contributed by atoms with E-state index in [1.165, 1.54) is 5.56 Å². The Morgan fingerprint density at radius 3 is 2.45 bits per heavy atom. The van der Waals surface area contributed by atoms with Crippen LogP contribution in [0.2, 0.25) is 0 Å². The highest BCUT2D eigenvalue weighted by molar-refractivity contribution is 5.98. The predicted molar refractivity (Wildman–Crippen MR) is 123 cm³/mol. The maximum atomic E-state index is 12.9. The van der Waals surface area contributed by atoms with Crippen LogP contribution in [0, 0.1) is 11.8 Å². The number of aromatic nitrogens is 2. The van der Waals surface area contributed by atoms with E-state index < -0.39 is 0 Å². The number of benzene rings is 2. The number of piperidine rings is 1. The number of hydrogen-bond donors (Lipinski definition) is 1. The average molecular weight is 418 g/mol. The van der Waals surface area contributed by atoms with E-state index in [0.717, 1.165) is 41.7 Å². The summed E-state index contributed by atoms with van der Waals surface area (Å²) >= 11 is 0. The van der Waals surface area contributed by atoms with Gasteiger partial charge in [-0.25, -0.2) is 4.98 Å². The first-order chi connectivity index (χ1) is 15.0. The molecule has 5 nitrogen and oxygen atoms in total. The minimum atomic E-state index is 0.00960. The highest BCUT2D eigenvalue weighted by Gasteiger charge is 2.27. The number of amides is 1. The van der Waals surface area contributed by atoms with Crippen LogP contribution in [-0.2, 0) is 17.6 Å². The lowest BCUT2D eigenvalue weighted by atomic mass is 9.88. The summed E-state index contributed by atoms with van der Waals surface area (Å²) < 4.78 is 0.